The smallest absolute Gasteiger partial charge is 0.408 e. The van der Waals surface area contributed by atoms with E-state index in [1.54, 1.807) is 20.8 Å². The van der Waals surface area contributed by atoms with Crippen molar-refractivity contribution in [2.75, 3.05) is 0 Å². The SMILES string of the molecule is C#CC[C@@H](C[C@H](NC(=O)OC(C)(C)C)C(=O)O)C(=O)O. The Labute approximate surface area is 117 Å². The molecule has 0 aliphatic heterocycles. The number of terminal acetylenes is 1. The summed E-state index contributed by atoms with van der Waals surface area (Å²) in [4.78, 5) is 33.5. The van der Waals surface area contributed by atoms with Crippen LogP contribution in [0.5, 0.6) is 0 Å². The summed E-state index contributed by atoms with van der Waals surface area (Å²) in [6.45, 7) is 4.88. The number of alkyl carbamates (subject to hydrolysis) is 1. The Hall–Kier alpha value is -2.23. The Balaban J connectivity index is 4.74. The summed E-state index contributed by atoms with van der Waals surface area (Å²) in [6.07, 6.45) is 3.68. The van der Waals surface area contributed by atoms with Crippen LogP contribution in [0.4, 0.5) is 4.79 Å². The largest absolute Gasteiger partial charge is 0.481 e. The van der Waals surface area contributed by atoms with E-state index in [2.05, 4.69) is 11.2 Å². The van der Waals surface area contributed by atoms with Crippen LogP contribution in [0.15, 0.2) is 0 Å². The van der Waals surface area contributed by atoms with Crippen LogP contribution in [0, 0.1) is 18.3 Å². The normalized spacial score (nSPS) is 13.7. The molecule has 0 bridgehead atoms. The molecule has 0 saturated carbocycles. The van der Waals surface area contributed by atoms with Crippen LogP contribution in [-0.4, -0.2) is 39.9 Å². The fourth-order valence-electron chi connectivity index (χ4n) is 1.37. The molecule has 0 unspecified atom stereocenters. The Morgan fingerprint density at radius 2 is 1.80 bits per heavy atom. The van der Waals surface area contributed by atoms with Crippen molar-refractivity contribution in [2.24, 2.45) is 5.92 Å². The van der Waals surface area contributed by atoms with Crippen LogP contribution in [-0.2, 0) is 14.3 Å². The molecular weight excluding hydrogens is 266 g/mol. The van der Waals surface area contributed by atoms with Gasteiger partial charge in [0, 0.05) is 6.42 Å². The zero-order valence-corrected chi connectivity index (χ0v) is 11.7. The van der Waals surface area contributed by atoms with E-state index in [9.17, 15) is 14.4 Å². The average molecular weight is 285 g/mol. The van der Waals surface area contributed by atoms with Crippen molar-refractivity contribution in [3.05, 3.63) is 0 Å². The maximum absolute atomic E-state index is 11.5. The molecule has 0 aromatic heterocycles. The van der Waals surface area contributed by atoms with Gasteiger partial charge in [-0.3, -0.25) is 4.79 Å². The first kappa shape index (κ1) is 17.8. The van der Waals surface area contributed by atoms with Crippen LogP contribution in [0.2, 0.25) is 0 Å². The predicted octanol–water partition coefficient (Wildman–Crippen LogP) is 1.08. The minimum absolute atomic E-state index is 0.116. The first-order chi connectivity index (χ1) is 9.06. The lowest BCUT2D eigenvalue weighted by molar-refractivity contribution is -0.144. The van der Waals surface area contributed by atoms with Gasteiger partial charge in [-0.05, 0) is 27.2 Å². The third-order valence-electron chi connectivity index (χ3n) is 2.22. The van der Waals surface area contributed by atoms with Gasteiger partial charge in [0.25, 0.3) is 0 Å². The van der Waals surface area contributed by atoms with Crippen molar-refractivity contribution in [3.63, 3.8) is 0 Å². The second kappa shape index (κ2) is 7.38. The second-order valence-corrected chi connectivity index (χ2v) is 5.22. The number of nitrogens with one attached hydrogen (secondary N) is 1. The molecule has 0 saturated heterocycles. The van der Waals surface area contributed by atoms with Crippen molar-refractivity contribution in [1.29, 1.82) is 0 Å². The minimum Gasteiger partial charge on any atom is -0.481 e. The van der Waals surface area contributed by atoms with Crippen LogP contribution < -0.4 is 5.32 Å². The van der Waals surface area contributed by atoms with Crippen molar-refractivity contribution < 1.29 is 29.3 Å². The standard InChI is InChI=1S/C13H19NO6/c1-5-6-8(10(15)16)7-9(11(17)18)14-12(19)20-13(2,3)4/h1,8-9H,6-7H2,2-4H3,(H,14,19)(H,15,16)(H,17,18)/t8-,9-/m0/s1. The highest BCUT2D eigenvalue weighted by molar-refractivity contribution is 5.81. The number of amides is 1. The zero-order chi connectivity index (χ0) is 15.9. The van der Waals surface area contributed by atoms with E-state index in [-0.39, 0.29) is 12.8 Å². The molecule has 7 heteroatoms. The molecule has 0 spiro atoms. The molecule has 0 aromatic rings. The van der Waals surface area contributed by atoms with Gasteiger partial charge < -0.3 is 20.3 Å². The molecule has 0 fully saturated rings. The zero-order valence-electron chi connectivity index (χ0n) is 11.7. The van der Waals surface area contributed by atoms with Crippen LogP contribution >= 0.6 is 0 Å². The van der Waals surface area contributed by atoms with E-state index >= 15 is 0 Å². The summed E-state index contributed by atoms with van der Waals surface area (Å²) in [6, 6.07) is -1.38. The molecule has 1 amide bonds. The van der Waals surface area contributed by atoms with Gasteiger partial charge >= 0.3 is 18.0 Å². The molecular formula is C13H19NO6. The van der Waals surface area contributed by atoms with E-state index in [0.29, 0.717) is 0 Å². The molecule has 0 rings (SSSR count). The van der Waals surface area contributed by atoms with Gasteiger partial charge in [-0.2, -0.15) is 0 Å². The Morgan fingerprint density at radius 3 is 2.15 bits per heavy atom. The lowest BCUT2D eigenvalue weighted by Gasteiger charge is -2.23. The lowest BCUT2D eigenvalue weighted by atomic mass is 9.97. The molecule has 112 valence electrons. The van der Waals surface area contributed by atoms with Crippen LogP contribution in [0.25, 0.3) is 0 Å². The number of hydrogen-bond donors (Lipinski definition) is 3. The summed E-state index contributed by atoms with van der Waals surface area (Å²) in [5.74, 6) is -1.43. The van der Waals surface area contributed by atoms with Gasteiger partial charge in [-0.15, -0.1) is 12.3 Å². The number of rotatable bonds is 6. The van der Waals surface area contributed by atoms with Crippen molar-refractivity contribution in [2.45, 2.75) is 45.3 Å². The molecule has 2 atom stereocenters. The number of aliphatic carboxylic acids is 2. The van der Waals surface area contributed by atoms with E-state index in [4.69, 9.17) is 21.4 Å². The molecule has 0 radical (unpaired) electrons. The maximum atomic E-state index is 11.5. The molecule has 0 aliphatic carbocycles. The quantitative estimate of drug-likeness (QED) is 0.629. The number of carbonyl (C=O) groups is 3. The van der Waals surface area contributed by atoms with Crippen LogP contribution in [0.1, 0.15) is 33.6 Å². The van der Waals surface area contributed by atoms with Gasteiger partial charge in [0.15, 0.2) is 0 Å². The Morgan fingerprint density at radius 1 is 1.25 bits per heavy atom. The van der Waals surface area contributed by atoms with E-state index in [1.807, 2.05) is 0 Å². The number of carboxylic acid groups (broad SMARTS) is 2. The number of carbonyl (C=O) groups excluding carboxylic acids is 1. The highest BCUT2D eigenvalue weighted by Gasteiger charge is 2.29. The van der Waals surface area contributed by atoms with Crippen molar-refractivity contribution >= 4 is 18.0 Å². The van der Waals surface area contributed by atoms with E-state index < -0.39 is 35.6 Å². The Bertz CT molecular complexity index is 418. The highest BCUT2D eigenvalue weighted by Crippen LogP contribution is 2.13. The lowest BCUT2D eigenvalue weighted by Crippen LogP contribution is -2.45. The highest BCUT2D eigenvalue weighted by atomic mass is 16.6. The van der Waals surface area contributed by atoms with Crippen molar-refractivity contribution in [1.82, 2.24) is 5.32 Å². The fourth-order valence-corrected chi connectivity index (χ4v) is 1.37. The summed E-state index contributed by atoms with van der Waals surface area (Å²) in [5, 5.41) is 20.1. The molecule has 7 nitrogen and oxygen atoms in total. The van der Waals surface area contributed by atoms with Gasteiger partial charge in [0.1, 0.15) is 11.6 Å². The maximum Gasteiger partial charge on any atom is 0.408 e. The van der Waals surface area contributed by atoms with E-state index in [1.165, 1.54) is 0 Å². The number of hydrogen-bond acceptors (Lipinski definition) is 4. The number of carboxylic acids is 2. The van der Waals surface area contributed by atoms with Gasteiger partial charge in [-0.25, -0.2) is 9.59 Å². The number of ether oxygens (including phenoxy) is 1. The van der Waals surface area contributed by atoms with Crippen molar-refractivity contribution in [3.8, 4) is 12.3 Å². The van der Waals surface area contributed by atoms with Gasteiger partial charge in [-0.1, -0.05) is 0 Å². The first-order valence-corrected chi connectivity index (χ1v) is 5.95. The summed E-state index contributed by atoms with van der Waals surface area (Å²) < 4.78 is 4.92. The topological polar surface area (TPSA) is 113 Å². The second-order valence-electron chi connectivity index (χ2n) is 5.22. The Kier molecular flexibility index (Phi) is 6.56. The predicted molar refractivity (Wildman–Crippen MR) is 70.0 cm³/mol. The molecule has 0 heterocycles. The van der Waals surface area contributed by atoms with Crippen LogP contribution in [0.3, 0.4) is 0 Å². The minimum atomic E-state index is -1.38. The molecule has 3 N–H and O–H groups in total. The molecule has 20 heavy (non-hydrogen) atoms. The van der Waals surface area contributed by atoms with E-state index in [0.717, 1.165) is 0 Å². The third kappa shape index (κ3) is 7.26. The van der Waals surface area contributed by atoms with Gasteiger partial charge in [0.2, 0.25) is 0 Å². The fraction of sp³-hybridized carbons (Fsp3) is 0.615. The summed E-state index contributed by atoms with van der Waals surface area (Å²) in [5.41, 5.74) is -0.780. The monoisotopic (exact) mass is 285 g/mol. The molecule has 0 aliphatic rings. The summed E-state index contributed by atoms with van der Waals surface area (Å²) >= 11 is 0. The first-order valence-electron chi connectivity index (χ1n) is 5.95. The van der Waals surface area contributed by atoms with Gasteiger partial charge in [0.05, 0.1) is 5.92 Å². The average Bonchev–Trinajstić information content (AvgIpc) is 2.24. The summed E-state index contributed by atoms with van der Waals surface area (Å²) in [7, 11) is 0. The molecule has 0 aromatic carbocycles. The third-order valence-corrected chi connectivity index (χ3v) is 2.22.